The van der Waals surface area contributed by atoms with E-state index < -0.39 is 10.9 Å². The SMILES string of the molecule is O=C(Oc1ccccc1[N+](=O)[O-])c1ccc(OCCc2ccccc2)c(Br)c1. The van der Waals surface area contributed by atoms with Crippen LogP contribution in [0.1, 0.15) is 15.9 Å². The molecule has 142 valence electrons. The Balaban J connectivity index is 1.65. The van der Waals surface area contributed by atoms with E-state index >= 15 is 0 Å². The number of halogens is 1. The van der Waals surface area contributed by atoms with Gasteiger partial charge in [-0.1, -0.05) is 42.5 Å². The number of nitro benzene ring substituents is 1. The lowest BCUT2D eigenvalue weighted by Gasteiger charge is -2.10. The third-order valence-electron chi connectivity index (χ3n) is 3.92. The van der Waals surface area contributed by atoms with Gasteiger partial charge in [0.2, 0.25) is 5.75 Å². The van der Waals surface area contributed by atoms with Crippen LogP contribution in [-0.4, -0.2) is 17.5 Å². The molecular weight excluding hydrogens is 426 g/mol. The number of benzene rings is 3. The quantitative estimate of drug-likeness (QED) is 0.218. The van der Waals surface area contributed by atoms with Gasteiger partial charge < -0.3 is 9.47 Å². The second kappa shape index (κ2) is 9.14. The lowest BCUT2D eigenvalue weighted by atomic mass is 10.2. The number of hydrogen-bond acceptors (Lipinski definition) is 5. The maximum absolute atomic E-state index is 12.3. The number of para-hydroxylation sites is 2. The molecule has 0 radical (unpaired) electrons. The van der Waals surface area contributed by atoms with Crippen molar-refractivity contribution in [3.8, 4) is 11.5 Å². The van der Waals surface area contributed by atoms with Crippen LogP contribution in [0, 0.1) is 10.1 Å². The van der Waals surface area contributed by atoms with Gasteiger partial charge in [-0.15, -0.1) is 0 Å². The van der Waals surface area contributed by atoms with E-state index in [2.05, 4.69) is 15.9 Å². The molecule has 0 saturated carbocycles. The number of rotatable bonds is 7. The summed E-state index contributed by atoms with van der Waals surface area (Å²) in [6.07, 6.45) is 0.759. The molecule has 0 aliphatic carbocycles. The molecule has 0 saturated heterocycles. The van der Waals surface area contributed by atoms with Crippen molar-refractivity contribution in [1.29, 1.82) is 0 Å². The Morgan fingerprint density at radius 2 is 1.68 bits per heavy atom. The Hall–Kier alpha value is -3.19. The lowest BCUT2D eigenvalue weighted by Crippen LogP contribution is -2.10. The molecule has 0 amide bonds. The molecule has 0 spiro atoms. The molecule has 0 aromatic heterocycles. The predicted octanol–water partition coefficient (Wildman–Crippen LogP) is 5.20. The van der Waals surface area contributed by atoms with Crippen molar-refractivity contribution < 1.29 is 19.2 Å². The monoisotopic (exact) mass is 441 g/mol. The van der Waals surface area contributed by atoms with Crippen molar-refractivity contribution in [2.45, 2.75) is 6.42 Å². The van der Waals surface area contributed by atoms with Crippen LogP contribution in [0.25, 0.3) is 0 Å². The smallest absolute Gasteiger partial charge is 0.343 e. The molecule has 6 nitrogen and oxygen atoms in total. The fourth-order valence-electron chi connectivity index (χ4n) is 2.52. The number of esters is 1. The molecule has 0 heterocycles. The molecule has 3 rings (SSSR count). The third kappa shape index (κ3) is 4.95. The average molecular weight is 442 g/mol. The van der Waals surface area contributed by atoms with Gasteiger partial charge in [-0.2, -0.15) is 0 Å². The first-order valence-corrected chi connectivity index (χ1v) is 9.26. The van der Waals surface area contributed by atoms with Crippen molar-refractivity contribution in [3.63, 3.8) is 0 Å². The van der Waals surface area contributed by atoms with Crippen LogP contribution in [0.3, 0.4) is 0 Å². The van der Waals surface area contributed by atoms with E-state index in [1.807, 2.05) is 30.3 Å². The van der Waals surface area contributed by atoms with E-state index in [1.165, 1.54) is 23.8 Å². The summed E-state index contributed by atoms with van der Waals surface area (Å²) in [5.41, 5.74) is 1.15. The van der Waals surface area contributed by atoms with Gasteiger partial charge in [0.25, 0.3) is 0 Å². The highest BCUT2D eigenvalue weighted by Gasteiger charge is 2.18. The van der Waals surface area contributed by atoms with E-state index in [9.17, 15) is 14.9 Å². The lowest BCUT2D eigenvalue weighted by molar-refractivity contribution is -0.385. The van der Waals surface area contributed by atoms with Gasteiger partial charge in [0.05, 0.1) is 21.6 Å². The van der Waals surface area contributed by atoms with Crippen molar-refractivity contribution in [1.82, 2.24) is 0 Å². The Kier molecular flexibility index (Phi) is 6.39. The van der Waals surface area contributed by atoms with Crippen LogP contribution < -0.4 is 9.47 Å². The molecular formula is C21H16BrNO5. The van der Waals surface area contributed by atoms with Gasteiger partial charge in [0, 0.05) is 12.5 Å². The summed E-state index contributed by atoms with van der Waals surface area (Å²) in [6, 6.07) is 20.5. The zero-order valence-corrected chi connectivity index (χ0v) is 16.3. The highest BCUT2D eigenvalue weighted by Crippen LogP contribution is 2.29. The highest BCUT2D eigenvalue weighted by molar-refractivity contribution is 9.10. The number of hydrogen-bond donors (Lipinski definition) is 0. The first kappa shape index (κ1) is 19.6. The molecule has 0 N–H and O–H groups in total. The number of carbonyl (C=O) groups excluding carboxylic acids is 1. The van der Waals surface area contributed by atoms with Crippen molar-refractivity contribution in [2.75, 3.05) is 6.61 Å². The van der Waals surface area contributed by atoms with Crippen molar-refractivity contribution in [2.24, 2.45) is 0 Å². The van der Waals surface area contributed by atoms with Crippen LogP contribution in [0.4, 0.5) is 5.69 Å². The average Bonchev–Trinajstić information content (AvgIpc) is 2.70. The Morgan fingerprint density at radius 1 is 0.964 bits per heavy atom. The molecule has 28 heavy (non-hydrogen) atoms. The maximum atomic E-state index is 12.3. The molecule has 0 fully saturated rings. The van der Waals surface area contributed by atoms with Crippen molar-refractivity contribution >= 4 is 27.6 Å². The second-order valence-corrected chi connectivity index (χ2v) is 6.70. The fourth-order valence-corrected chi connectivity index (χ4v) is 3.01. The van der Waals surface area contributed by atoms with Crippen LogP contribution >= 0.6 is 15.9 Å². The third-order valence-corrected chi connectivity index (χ3v) is 4.54. The molecule has 3 aromatic carbocycles. The molecule has 0 aliphatic heterocycles. The maximum Gasteiger partial charge on any atom is 0.343 e. The van der Waals surface area contributed by atoms with Crippen LogP contribution in [-0.2, 0) is 6.42 Å². The summed E-state index contributed by atoms with van der Waals surface area (Å²) in [4.78, 5) is 22.8. The highest BCUT2D eigenvalue weighted by atomic mass is 79.9. The molecule has 0 aliphatic rings. The molecule has 7 heteroatoms. The Labute approximate surface area is 170 Å². The van der Waals surface area contributed by atoms with Crippen LogP contribution in [0.5, 0.6) is 11.5 Å². The largest absolute Gasteiger partial charge is 0.492 e. The van der Waals surface area contributed by atoms with Gasteiger partial charge in [-0.05, 0) is 45.8 Å². The van der Waals surface area contributed by atoms with Crippen LogP contribution in [0.2, 0.25) is 0 Å². The minimum absolute atomic E-state index is 0.100. The van der Waals surface area contributed by atoms with Gasteiger partial charge >= 0.3 is 11.7 Å². The van der Waals surface area contributed by atoms with E-state index in [1.54, 1.807) is 24.3 Å². The van der Waals surface area contributed by atoms with Gasteiger partial charge in [-0.25, -0.2) is 4.79 Å². The van der Waals surface area contributed by atoms with Crippen molar-refractivity contribution in [3.05, 3.63) is 98.5 Å². The molecule has 0 bridgehead atoms. The zero-order chi connectivity index (χ0) is 19.9. The number of carbonyl (C=O) groups is 1. The Morgan fingerprint density at radius 3 is 2.39 bits per heavy atom. The molecule has 0 unspecified atom stereocenters. The standard InChI is InChI=1S/C21H16BrNO5/c22-17-14-16(21(24)28-20-9-5-4-8-18(20)23(25)26)10-11-19(17)27-13-12-15-6-2-1-3-7-15/h1-11,14H,12-13H2. The summed E-state index contributed by atoms with van der Waals surface area (Å²) >= 11 is 3.38. The van der Waals surface area contributed by atoms with Gasteiger partial charge in [0.1, 0.15) is 5.75 Å². The first-order valence-electron chi connectivity index (χ1n) is 8.46. The number of ether oxygens (including phenoxy) is 2. The summed E-state index contributed by atoms with van der Waals surface area (Å²) in [7, 11) is 0. The summed E-state index contributed by atoms with van der Waals surface area (Å²) in [5, 5.41) is 11.0. The van der Waals surface area contributed by atoms with E-state index in [0.29, 0.717) is 16.8 Å². The normalized spacial score (nSPS) is 10.3. The summed E-state index contributed by atoms with van der Waals surface area (Å²) < 4.78 is 11.5. The predicted molar refractivity (Wildman–Crippen MR) is 108 cm³/mol. The minimum atomic E-state index is -0.689. The minimum Gasteiger partial charge on any atom is -0.492 e. The van der Waals surface area contributed by atoms with Gasteiger partial charge in [0.15, 0.2) is 0 Å². The first-order chi connectivity index (χ1) is 13.5. The molecule has 3 aromatic rings. The van der Waals surface area contributed by atoms with E-state index in [-0.39, 0.29) is 17.0 Å². The number of nitrogens with zero attached hydrogens (tertiary/aromatic N) is 1. The zero-order valence-electron chi connectivity index (χ0n) is 14.7. The van der Waals surface area contributed by atoms with E-state index in [4.69, 9.17) is 9.47 Å². The topological polar surface area (TPSA) is 78.7 Å². The summed E-state index contributed by atoms with van der Waals surface area (Å²) in [5.74, 6) is -0.194. The van der Waals surface area contributed by atoms with Gasteiger partial charge in [-0.3, -0.25) is 10.1 Å². The van der Waals surface area contributed by atoms with Crippen LogP contribution in [0.15, 0.2) is 77.3 Å². The number of nitro groups is 1. The van der Waals surface area contributed by atoms with E-state index in [0.717, 1.165) is 6.42 Å². The second-order valence-electron chi connectivity index (χ2n) is 5.84. The Bertz CT molecular complexity index is 991. The molecule has 0 atom stereocenters. The fraction of sp³-hybridized carbons (Fsp3) is 0.0952. The summed E-state index contributed by atoms with van der Waals surface area (Å²) in [6.45, 7) is 0.489.